The Kier molecular flexibility index (Phi) is 5.07. The summed E-state index contributed by atoms with van der Waals surface area (Å²) in [5.74, 6) is 0.973. The van der Waals surface area contributed by atoms with E-state index in [1.54, 1.807) is 0 Å². The van der Waals surface area contributed by atoms with E-state index in [-0.39, 0.29) is 0 Å². The minimum Gasteiger partial charge on any atom is -0.478 e. The molecule has 4 heterocycles. The van der Waals surface area contributed by atoms with Crippen LogP contribution in [-0.4, -0.2) is 44.4 Å². The van der Waals surface area contributed by atoms with Crippen LogP contribution in [0.3, 0.4) is 0 Å². The highest BCUT2D eigenvalue weighted by Gasteiger charge is 2.34. The Hall–Kier alpha value is -3.77. The number of rotatable bonds is 5. The number of nitrogen functional groups attached to an aromatic ring is 1. The van der Waals surface area contributed by atoms with Gasteiger partial charge in [0.15, 0.2) is 5.65 Å². The lowest BCUT2D eigenvalue weighted by molar-refractivity contribution is 0.238. The summed E-state index contributed by atoms with van der Waals surface area (Å²) in [6.07, 6.45) is 2.98. The van der Waals surface area contributed by atoms with Crippen molar-refractivity contribution < 1.29 is 4.74 Å². The van der Waals surface area contributed by atoms with Crippen LogP contribution in [0.1, 0.15) is 19.8 Å². The van der Waals surface area contributed by atoms with E-state index in [0.29, 0.717) is 41.6 Å². The second-order valence-corrected chi connectivity index (χ2v) is 8.10. The number of nitrogens with one attached hydrogen (secondary N) is 1. The minimum absolute atomic E-state index is 0.373. The van der Waals surface area contributed by atoms with E-state index in [0.717, 1.165) is 42.4 Å². The maximum absolute atomic E-state index is 9.94. The SMILES string of the molecule is CCOc1ccc2cc(-c3nn(CC4(C#N)CCNCC4)c4ncnc(N)c34)ccc2n1. The van der Waals surface area contributed by atoms with Crippen LogP contribution in [0.5, 0.6) is 5.88 Å². The molecule has 5 rings (SSSR count). The standard InChI is InChI=1S/C23H24N8O/c1-2-32-18-6-4-15-11-16(3-5-17(15)29-18)20-19-21(25)27-14-28-22(19)31(30-20)13-23(12-24)7-9-26-10-8-23/h3-6,11,14,26H,2,7-10,13H2,1H3,(H2,25,27,28). The number of hydrogen-bond acceptors (Lipinski definition) is 8. The molecular weight excluding hydrogens is 404 g/mol. The van der Waals surface area contributed by atoms with E-state index in [4.69, 9.17) is 15.6 Å². The van der Waals surface area contributed by atoms with E-state index in [1.807, 2.05) is 41.9 Å². The van der Waals surface area contributed by atoms with Crippen LogP contribution < -0.4 is 15.8 Å². The number of pyridine rings is 1. The molecule has 0 unspecified atom stereocenters. The summed E-state index contributed by atoms with van der Waals surface area (Å²) in [4.78, 5) is 13.2. The maximum Gasteiger partial charge on any atom is 0.213 e. The zero-order valence-corrected chi connectivity index (χ0v) is 17.9. The smallest absolute Gasteiger partial charge is 0.213 e. The molecule has 1 aliphatic rings. The second-order valence-electron chi connectivity index (χ2n) is 8.10. The largest absolute Gasteiger partial charge is 0.478 e. The molecule has 9 nitrogen and oxygen atoms in total. The number of nitrogens with two attached hydrogens (primary N) is 1. The zero-order valence-electron chi connectivity index (χ0n) is 17.9. The van der Waals surface area contributed by atoms with Crippen molar-refractivity contribution in [2.75, 3.05) is 25.4 Å². The van der Waals surface area contributed by atoms with Crippen molar-refractivity contribution in [1.82, 2.24) is 30.0 Å². The Balaban J connectivity index is 1.61. The minimum atomic E-state index is -0.482. The third-order valence-corrected chi connectivity index (χ3v) is 6.04. The van der Waals surface area contributed by atoms with Gasteiger partial charge in [-0.15, -0.1) is 0 Å². The molecule has 162 valence electrons. The predicted molar refractivity (Wildman–Crippen MR) is 122 cm³/mol. The van der Waals surface area contributed by atoms with Crippen LogP contribution in [0.15, 0.2) is 36.7 Å². The van der Waals surface area contributed by atoms with Crippen molar-refractivity contribution in [2.45, 2.75) is 26.3 Å². The topological polar surface area (TPSA) is 128 Å². The van der Waals surface area contributed by atoms with Crippen molar-refractivity contribution >= 4 is 27.8 Å². The summed E-state index contributed by atoms with van der Waals surface area (Å²) in [6.45, 7) is 4.60. The number of fused-ring (bicyclic) bond motifs is 2. The Morgan fingerprint density at radius 3 is 2.84 bits per heavy atom. The van der Waals surface area contributed by atoms with Gasteiger partial charge in [-0.05, 0) is 51.1 Å². The number of nitriles is 1. The summed E-state index contributed by atoms with van der Waals surface area (Å²) in [6, 6.07) is 12.3. The molecule has 0 amide bonds. The lowest BCUT2D eigenvalue weighted by Gasteiger charge is -2.30. The highest BCUT2D eigenvalue weighted by molar-refractivity contribution is 5.99. The van der Waals surface area contributed by atoms with Crippen LogP contribution in [0, 0.1) is 16.7 Å². The Morgan fingerprint density at radius 1 is 1.22 bits per heavy atom. The molecule has 9 heteroatoms. The molecule has 0 aliphatic carbocycles. The molecule has 1 fully saturated rings. The fourth-order valence-corrected chi connectivity index (χ4v) is 4.32. The predicted octanol–water partition coefficient (Wildman–Crippen LogP) is 2.92. The third-order valence-electron chi connectivity index (χ3n) is 6.04. The van der Waals surface area contributed by atoms with Gasteiger partial charge in [0.1, 0.15) is 17.8 Å². The molecule has 4 aromatic rings. The van der Waals surface area contributed by atoms with E-state index in [9.17, 15) is 5.26 Å². The molecule has 0 radical (unpaired) electrons. The van der Waals surface area contributed by atoms with Crippen molar-refractivity contribution in [1.29, 1.82) is 5.26 Å². The maximum atomic E-state index is 9.94. The molecule has 1 saturated heterocycles. The first-order valence-corrected chi connectivity index (χ1v) is 10.8. The first-order chi connectivity index (χ1) is 15.6. The number of anilines is 1. The van der Waals surface area contributed by atoms with Crippen molar-refractivity contribution in [2.24, 2.45) is 5.41 Å². The van der Waals surface area contributed by atoms with E-state index in [1.165, 1.54) is 6.33 Å². The molecular formula is C23H24N8O. The van der Waals surface area contributed by atoms with Crippen LogP contribution in [0.2, 0.25) is 0 Å². The summed E-state index contributed by atoms with van der Waals surface area (Å²) in [5.41, 5.74) is 8.86. The van der Waals surface area contributed by atoms with Gasteiger partial charge in [-0.2, -0.15) is 10.4 Å². The van der Waals surface area contributed by atoms with E-state index in [2.05, 4.69) is 26.3 Å². The van der Waals surface area contributed by atoms with Gasteiger partial charge >= 0.3 is 0 Å². The van der Waals surface area contributed by atoms with Gasteiger partial charge < -0.3 is 15.8 Å². The quantitative estimate of drug-likeness (QED) is 0.497. The molecule has 1 aromatic carbocycles. The molecule has 3 N–H and O–H groups in total. The van der Waals surface area contributed by atoms with Crippen LogP contribution in [0.4, 0.5) is 5.82 Å². The molecule has 0 atom stereocenters. The van der Waals surface area contributed by atoms with Gasteiger partial charge in [-0.3, -0.25) is 0 Å². The van der Waals surface area contributed by atoms with Crippen molar-refractivity contribution in [3.8, 4) is 23.2 Å². The number of ether oxygens (including phenoxy) is 1. The lowest BCUT2D eigenvalue weighted by atomic mass is 9.80. The van der Waals surface area contributed by atoms with E-state index >= 15 is 0 Å². The summed E-state index contributed by atoms with van der Waals surface area (Å²) >= 11 is 0. The zero-order chi connectivity index (χ0) is 22.1. The van der Waals surface area contributed by atoms with Gasteiger partial charge in [0, 0.05) is 17.0 Å². The molecule has 1 aliphatic heterocycles. The number of hydrogen-bond donors (Lipinski definition) is 2. The van der Waals surface area contributed by atoms with Crippen molar-refractivity contribution in [3.63, 3.8) is 0 Å². The van der Waals surface area contributed by atoms with Gasteiger partial charge in [0.2, 0.25) is 5.88 Å². The van der Waals surface area contributed by atoms with Crippen LogP contribution >= 0.6 is 0 Å². The highest BCUT2D eigenvalue weighted by atomic mass is 16.5. The summed E-state index contributed by atoms with van der Waals surface area (Å²) in [7, 11) is 0. The van der Waals surface area contributed by atoms with Crippen LogP contribution in [0.25, 0.3) is 33.2 Å². The molecule has 32 heavy (non-hydrogen) atoms. The Bertz CT molecular complexity index is 1330. The average molecular weight is 429 g/mol. The van der Waals surface area contributed by atoms with Crippen molar-refractivity contribution in [3.05, 3.63) is 36.7 Å². The highest BCUT2D eigenvalue weighted by Crippen LogP contribution is 2.35. The monoisotopic (exact) mass is 428 g/mol. The first kappa shape index (κ1) is 20.2. The van der Waals surface area contributed by atoms with E-state index < -0.39 is 5.41 Å². The number of aromatic nitrogens is 5. The van der Waals surface area contributed by atoms with Crippen LogP contribution in [-0.2, 0) is 6.54 Å². The Labute approximate surface area is 185 Å². The normalized spacial score (nSPS) is 15.6. The fourth-order valence-electron chi connectivity index (χ4n) is 4.32. The molecule has 0 bridgehead atoms. The average Bonchev–Trinajstić information content (AvgIpc) is 3.19. The molecule has 3 aromatic heterocycles. The number of nitrogens with zero attached hydrogens (tertiary/aromatic N) is 6. The summed E-state index contributed by atoms with van der Waals surface area (Å²) < 4.78 is 7.32. The number of benzene rings is 1. The fraction of sp³-hybridized carbons (Fsp3) is 0.348. The third kappa shape index (κ3) is 3.48. The van der Waals surface area contributed by atoms with Gasteiger partial charge in [0.25, 0.3) is 0 Å². The first-order valence-electron chi connectivity index (χ1n) is 10.8. The summed E-state index contributed by atoms with van der Waals surface area (Å²) in [5, 5.41) is 19.8. The van der Waals surface area contributed by atoms with Gasteiger partial charge in [-0.1, -0.05) is 6.07 Å². The lowest BCUT2D eigenvalue weighted by Crippen LogP contribution is -2.38. The molecule has 0 saturated carbocycles. The number of piperidine rings is 1. The van der Waals surface area contributed by atoms with Gasteiger partial charge in [-0.25, -0.2) is 19.6 Å². The van der Waals surface area contributed by atoms with Gasteiger partial charge in [0.05, 0.1) is 35.5 Å². The second kappa shape index (κ2) is 8.05. The molecule has 0 spiro atoms. The Morgan fingerprint density at radius 2 is 2.06 bits per heavy atom.